The summed E-state index contributed by atoms with van der Waals surface area (Å²) in [5, 5.41) is 11.1. The molecule has 0 aliphatic carbocycles. The fourth-order valence-electron chi connectivity index (χ4n) is 2.97. The van der Waals surface area contributed by atoms with Crippen molar-refractivity contribution in [3.05, 3.63) is 46.3 Å². The van der Waals surface area contributed by atoms with Gasteiger partial charge in [0.1, 0.15) is 12.2 Å². The van der Waals surface area contributed by atoms with E-state index in [9.17, 15) is 9.90 Å². The molecule has 0 radical (unpaired) electrons. The lowest BCUT2D eigenvalue weighted by Gasteiger charge is -2.21. The van der Waals surface area contributed by atoms with E-state index in [4.69, 9.17) is 18.6 Å². The molecule has 0 bridgehead atoms. The van der Waals surface area contributed by atoms with E-state index < -0.39 is 17.5 Å². The van der Waals surface area contributed by atoms with Crippen LogP contribution in [0.2, 0.25) is 0 Å². The molecule has 1 fully saturated rings. The summed E-state index contributed by atoms with van der Waals surface area (Å²) in [6.45, 7) is 9.45. The van der Waals surface area contributed by atoms with Crippen LogP contribution in [-0.4, -0.2) is 24.1 Å². The van der Waals surface area contributed by atoms with Gasteiger partial charge in [-0.25, -0.2) is 4.79 Å². The average molecular weight is 332 g/mol. The average Bonchev–Trinajstić information content (AvgIpc) is 2.84. The SMILES string of the molecule is C=C(C)[C@@H]1OC(C)(C)O[C@@H]1c1cc2ccc(=O)oc2c(O)c1OC. The van der Waals surface area contributed by atoms with Crippen LogP contribution in [0.3, 0.4) is 0 Å². The summed E-state index contributed by atoms with van der Waals surface area (Å²) in [5.74, 6) is -0.849. The van der Waals surface area contributed by atoms with Crippen LogP contribution in [0.25, 0.3) is 11.0 Å². The van der Waals surface area contributed by atoms with Crippen molar-refractivity contribution in [3.8, 4) is 11.5 Å². The van der Waals surface area contributed by atoms with Gasteiger partial charge >= 0.3 is 5.63 Å². The minimum Gasteiger partial charge on any atom is -0.502 e. The summed E-state index contributed by atoms with van der Waals surface area (Å²) in [7, 11) is 1.43. The van der Waals surface area contributed by atoms with E-state index in [1.165, 1.54) is 13.2 Å². The van der Waals surface area contributed by atoms with Crippen molar-refractivity contribution in [2.45, 2.75) is 38.8 Å². The second-order valence-corrected chi connectivity index (χ2v) is 6.34. The largest absolute Gasteiger partial charge is 0.502 e. The summed E-state index contributed by atoms with van der Waals surface area (Å²) in [6.07, 6.45) is -0.892. The zero-order valence-electron chi connectivity index (χ0n) is 14.1. The van der Waals surface area contributed by atoms with Gasteiger partial charge in [0.15, 0.2) is 17.1 Å². The Labute approximate surface area is 139 Å². The molecule has 3 rings (SSSR count). The molecule has 0 amide bonds. The zero-order chi connectivity index (χ0) is 17.6. The second-order valence-electron chi connectivity index (χ2n) is 6.34. The number of hydrogen-bond acceptors (Lipinski definition) is 6. The molecule has 0 spiro atoms. The number of hydrogen-bond donors (Lipinski definition) is 1. The van der Waals surface area contributed by atoms with Crippen LogP contribution in [0.5, 0.6) is 11.5 Å². The zero-order valence-corrected chi connectivity index (χ0v) is 14.1. The van der Waals surface area contributed by atoms with Crippen molar-refractivity contribution in [1.82, 2.24) is 0 Å². The van der Waals surface area contributed by atoms with Gasteiger partial charge in [-0.1, -0.05) is 6.58 Å². The number of methoxy groups -OCH3 is 1. The predicted octanol–water partition coefficient (Wildman–Crippen LogP) is 3.28. The summed E-state index contributed by atoms with van der Waals surface area (Å²) < 4.78 is 22.4. The first kappa shape index (κ1) is 16.5. The fraction of sp³-hybridized carbons (Fsp3) is 0.389. The van der Waals surface area contributed by atoms with Crippen LogP contribution in [0.15, 0.2) is 39.6 Å². The molecule has 1 N–H and O–H groups in total. The minimum atomic E-state index is -0.798. The van der Waals surface area contributed by atoms with Crippen LogP contribution < -0.4 is 10.4 Å². The molecule has 2 heterocycles. The van der Waals surface area contributed by atoms with Crippen LogP contribution >= 0.6 is 0 Å². The highest BCUT2D eigenvalue weighted by atomic mass is 16.8. The van der Waals surface area contributed by atoms with Crippen LogP contribution in [-0.2, 0) is 9.47 Å². The molecule has 0 unspecified atom stereocenters. The second kappa shape index (κ2) is 5.65. The minimum absolute atomic E-state index is 0.0770. The van der Waals surface area contributed by atoms with Crippen LogP contribution in [0, 0.1) is 0 Å². The van der Waals surface area contributed by atoms with Gasteiger partial charge in [0.05, 0.1) is 7.11 Å². The van der Waals surface area contributed by atoms with E-state index in [1.807, 2.05) is 20.8 Å². The summed E-state index contributed by atoms with van der Waals surface area (Å²) in [6, 6.07) is 4.65. The maximum absolute atomic E-state index is 11.4. The van der Waals surface area contributed by atoms with Gasteiger partial charge in [-0.3, -0.25) is 0 Å². The molecular formula is C18H20O6. The van der Waals surface area contributed by atoms with Gasteiger partial charge in [-0.2, -0.15) is 0 Å². The third-order valence-electron chi connectivity index (χ3n) is 3.96. The van der Waals surface area contributed by atoms with E-state index in [0.29, 0.717) is 10.9 Å². The molecule has 2 aromatic rings. The Hall–Kier alpha value is -2.31. The normalized spacial score (nSPS) is 22.7. The number of ether oxygens (including phenoxy) is 3. The molecule has 1 aromatic carbocycles. The van der Waals surface area contributed by atoms with Crippen molar-refractivity contribution in [2.24, 2.45) is 0 Å². The first-order valence-corrected chi connectivity index (χ1v) is 7.58. The highest BCUT2D eigenvalue weighted by Gasteiger charge is 2.44. The first-order valence-electron chi connectivity index (χ1n) is 7.58. The molecule has 128 valence electrons. The molecule has 6 heteroatoms. The predicted molar refractivity (Wildman–Crippen MR) is 88.3 cm³/mol. The molecule has 2 atom stereocenters. The lowest BCUT2D eigenvalue weighted by Crippen LogP contribution is -2.21. The lowest BCUT2D eigenvalue weighted by atomic mass is 9.97. The first-order chi connectivity index (χ1) is 11.2. The van der Waals surface area contributed by atoms with Crippen LogP contribution in [0.4, 0.5) is 0 Å². The number of phenols is 1. The number of aromatic hydroxyl groups is 1. The van der Waals surface area contributed by atoms with Gasteiger partial charge in [0, 0.05) is 17.0 Å². The van der Waals surface area contributed by atoms with Crippen molar-refractivity contribution >= 4 is 11.0 Å². The Kier molecular flexibility index (Phi) is 3.89. The van der Waals surface area contributed by atoms with Crippen molar-refractivity contribution in [2.75, 3.05) is 7.11 Å². The molecule has 6 nitrogen and oxygen atoms in total. The molecule has 0 saturated carbocycles. The van der Waals surface area contributed by atoms with Crippen molar-refractivity contribution in [1.29, 1.82) is 0 Å². The Morgan fingerprint density at radius 3 is 2.67 bits per heavy atom. The maximum Gasteiger partial charge on any atom is 0.336 e. The van der Waals surface area contributed by atoms with Crippen molar-refractivity contribution < 1.29 is 23.7 Å². The van der Waals surface area contributed by atoms with E-state index in [0.717, 1.165) is 5.57 Å². The number of benzene rings is 1. The third kappa shape index (κ3) is 2.68. The Morgan fingerprint density at radius 1 is 1.33 bits per heavy atom. The number of phenolic OH excluding ortho intramolecular Hbond substituents is 1. The summed E-state index contributed by atoms with van der Waals surface area (Å²) >= 11 is 0. The van der Waals surface area contributed by atoms with E-state index in [1.54, 1.807) is 12.1 Å². The molecular weight excluding hydrogens is 312 g/mol. The van der Waals surface area contributed by atoms with E-state index in [2.05, 4.69) is 6.58 Å². The molecule has 1 aromatic heterocycles. The molecule has 1 saturated heterocycles. The van der Waals surface area contributed by atoms with Gasteiger partial charge in [-0.15, -0.1) is 0 Å². The Morgan fingerprint density at radius 2 is 2.04 bits per heavy atom. The third-order valence-corrected chi connectivity index (χ3v) is 3.96. The molecule has 1 aliphatic heterocycles. The highest BCUT2D eigenvalue weighted by molar-refractivity contribution is 5.86. The van der Waals surface area contributed by atoms with Crippen LogP contribution in [0.1, 0.15) is 32.4 Å². The number of rotatable bonds is 3. The van der Waals surface area contributed by atoms with E-state index in [-0.39, 0.29) is 23.2 Å². The Bertz CT molecular complexity index is 864. The van der Waals surface area contributed by atoms with Gasteiger partial charge < -0.3 is 23.7 Å². The van der Waals surface area contributed by atoms with Gasteiger partial charge in [0.25, 0.3) is 0 Å². The molecule has 24 heavy (non-hydrogen) atoms. The summed E-state index contributed by atoms with van der Waals surface area (Å²) in [4.78, 5) is 11.4. The monoisotopic (exact) mass is 332 g/mol. The number of fused-ring (bicyclic) bond motifs is 1. The van der Waals surface area contributed by atoms with E-state index >= 15 is 0 Å². The Balaban J connectivity index is 2.23. The van der Waals surface area contributed by atoms with Gasteiger partial charge in [0.2, 0.25) is 5.75 Å². The highest BCUT2D eigenvalue weighted by Crippen LogP contribution is 2.48. The standard InChI is InChI=1S/C18H20O6/c1-9(2)14-17(24-18(3,4)23-14)11-8-10-6-7-12(19)22-15(10)13(20)16(11)21-5/h6-8,14,17,20H,1H2,2-5H3/t14-,17+/m0/s1. The van der Waals surface area contributed by atoms with Crippen molar-refractivity contribution in [3.63, 3.8) is 0 Å². The van der Waals surface area contributed by atoms with Gasteiger partial charge in [-0.05, 0) is 38.5 Å². The smallest absolute Gasteiger partial charge is 0.336 e. The molecule has 1 aliphatic rings. The maximum atomic E-state index is 11.4. The topological polar surface area (TPSA) is 78.1 Å². The fourth-order valence-corrected chi connectivity index (χ4v) is 2.97. The lowest BCUT2D eigenvalue weighted by molar-refractivity contribution is -0.144. The quantitative estimate of drug-likeness (QED) is 0.686. The summed E-state index contributed by atoms with van der Waals surface area (Å²) in [5.41, 5.74) is 0.934.